The Kier molecular flexibility index (Phi) is 3.52. The summed E-state index contributed by atoms with van der Waals surface area (Å²) in [5.74, 6) is 4.37. The molecule has 0 unspecified atom stereocenters. The van der Waals surface area contributed by atoms with E-state index in [9.17, 15) is 19.7 Å². The normalized spacial score (nSPS) is 17.4. The highest BCUT2D eigenvalue weighted by Gasteiger charge is 2.41. The number of anilines is 2. The highest BCUT2D eigenvalue weighted by Crippen LogP contribution is 2.32. The number of nitrogens with zero attached hydrogens (tertiary/aromatic N) is 2. The molecule has 0 saturated carbocycles. The van der Waals surface area contributed by atoms with Crippen molar-refractivity contribution >= 4 is 28.9 Å². The number of non-ortho nitro benzene ring substituents is 1. The molecule has 9 nitrogen and oxygen atoms in total. The molecule has 4 N–H and O–H groups in total. The molecule has 0 spiro atoms. The van der Waals surface area contributed by atoms with Crippen LogP contribution in [0.15, 0.2) is 18.2 Å². The van der Waals surface area contributed by atoms with Gasteiger partial charge in [-0.1, -0.05) is 0 Å². The van der Waals surface area contributed by atoms with Crippen LogP contribution in [0, 0.1) is 10.1 Å². The average Bonchev–Trinajstić information content (AvgIpc) is 2.42. The van der Waals surface area contributed by atoms with E-state index in [0.29, 0.717) is 11.4 Å². The zero-order chi connectivity index (χ0) is 15.8. The predicted octanol–water partition coefficient (Wildman–Crippen LogP) is 0.122. The second kappa shape index (κ2) is 5.02. The van der Waals surface area contributed by atoms with E-state index in [4.69, 9.17) is 5.84 Å². The molecule has 1 heterocycles. The maximum absolute atomic E-state index is 11.9. The van der Waals surface area contributed by atoms with Crippen molar-refractivity contribution in [2.24, 2.45) is 5.84 Å². The van der Waals surface area contributed by atoms with Gasteiger partial charge in [-0.2, -0.15) is 0 Å². The number of nitrogens with one attached hydrogen (secondary N) is 2. The molecule has 0 aromatic heterocycles. The van der Waals surface area contributed by atoms with Gasteiger partial charge in [0.1, 0.15) is 5.54 Å². The van der Waals surface area contributed by atoms with Crippen molar-refractivity contribution in [1.82, 2.24) is 5.32 Å². The van der Waals surface area contributed by atoms with Crippen molar-refractivity contribution in [2.45, 2.75) is 19.4 Å². The largest absolute Gasteiger partial charge is 0.348 e. The fourth-order valence-electron chi connectivity index (χ4n) is 2.14. The van der Waals surface area contributed by atoms with Gasteiger partial charge in [0.15, 0.2) is 0 Å². The third-order valence-electron chi connectivity index (χ3n) is 3.38. The predicted molar refractivity (Wildman–Crippen MR) is 75.5 cm³/mol. The van der Waals surface area contributed by atoms with Gasteiger partial charge in [-0.15, -0.1) is 0 Å². The fraction of sp³-hybridized carbons (Fsp3) is 0.333. The molecule has 1 saturated heterocycles. The van der Waals surface area contributed by atoms with E-state index in [2.05, 4.69) is 10.7 Å². The SMILES string of the molecule is CC1(C)C(=O)NC(=O)CN1c1cc(NN)cc([N+](=O)[O-])c1. The topological polar surface area (TPSA) is 131 Å². The van der Waals surface area contributed by atoms with Crippen molar-refractivity contribution in [3.05, 3.63) is 28.3 Å². The summed E-state index contributed by atoms with van der Waals surface area (Å²) in [6, 6.07) is 4.11. The molecule has 0 atom stereocenters. The Hall–Kier alpha value is -2.68. The molecule has 1 aliphatic rings. The fourth-order valence-corrected chi connectivity index (χ4v) is 2.14. The van der Waals surface area contributed by atoms with Gasteiger partial charge in [0.2, 0.25) is 5.91 Å². The van der Waals surface area contributed by atoms with E-state index < -0.39 is 22.3 Å². The summed E-state index contributed by atoms with van der Waals surface area (Å²) in [4.78, 5) is 35.4. The Bertz CT molecular complexity index is 628. The van der Waals surface area contributed by atoms with Gasteiger partial charge in [-0.25, -0.2) is 0 Å². The highest BCUT2D eigenvalue weighted by molar-refractivity contribution is 6.06. The Morgan fingerprint density at radius 2 is 2.05 bits per heavy atom. The molecule has 112 valence electrons. The number of piperazine rings is 1. The van der Waals surface area contributed by atoms with Gasteiger partial charge in [0.25, 0.3) is 11.6 Å². The minimum Gasteiger partial charge on any atom is -0.348 e. The van der Waals surface area contributed by atoms with Crippen LogP contribution in [0.25, 0.3) is 0 Å². The Labute approximate surface area is 120 Å². The molecule has 2 amide bonds. The number of nitro groups is 1. The summed E-state index contributed by atoms with van der Waals surface area (Å²) < 4.78 is 0. The quantitative estimate of drug-likeness (QED) is 0.312. The molecule has 1 aromatic rings. The van der Waals surface area contributed by atoms with E-state index in [1.54, 1.807) is 19.9 Å². The van der Waals surface area contributed by atoms with E-state index in [1.165, 1.54) is 17.0 Å². The number of hydrogen-bond donors (Lipinski definition) is 3. The van der Waals surface area contributed by atoms with Crippen molar-refractivity contribution in [3.63, 3.8) is 0 Å². The summed E-state index contributed by atoms with van der Waals surface area (Å²) in [6.07, 6.45) is 0. The van der Waals surface area contributed by atoms with Crippen LogP contribution in [0.1, 0.15) is 13.8 Å². The second-order valence-electron chi connectivity index (χ2n) is 5.16. The Balaban J connectivity index is 2.53. The van der Waals surface area contributed by atoms with E-state index >= 15 is 0 Å². The van der Waals surface area contributed by atoms with Gasteiger partial charge in [-0.3, -0.25) is 30.9 Å². The molecule has 0 bridgehead atoms. The van der Waals surface area contributed by atoms with Gasteiger partial charge in [0, 0.05) is 17.8 Å². The molecule has 2 rings (SSSR count). The zero-order valence-electron chi connectivity index (χ0n) is 11.5. The van der Waals surface area contributed by atoms with Crippen LogP contribution in [0.5, 0.6) is 0 Å². The molecule has 0 aliphatic carbocycles. The smallest absolute Gasteiger partial charge is 0.273 e. The monoisotopic (exact) mass is 293 g/mol. The van der Waals surface area contributed by atoms with E-state index in [1.807, 2.05) is 0 Å². The van der Waals surface area contributed by atoms with Crippen LogP contribution in [0.3, 0.4) is 0 Å². The number of nitro benzene ring substituents is 1. The molecule has 1 aromatic carbocycles. The molecule has 1 fully saturated rings. The standard InChI is InChI=1S/C12H15N5O4/c1-12(2)11(19)14-10(18)6-16(12)8-3-7(15-13)4-9(5-8)17(20)21/h3-5,15H,6,13H2,1-2H3,(H,14,18,19). The lowest BCUT2D eigenvalue weighted by molar-refractivity contribution is -0.384. The van der Waals surface area contributed by atoms with Crippen LogP contribution in [0.4, 0.5) is 17.1 Å². The Morgan fingerprint density at radius 3 is 2.62 bits per heavy atom. The summed E-state index contributed by atoms with van der Waals surface area (Å²) in [5, 5.41) is 13.2. The minimum absolute atomic E-state index is 0.0794. The third kappa shape index (κ3) is 2.63. The van der Waals surface area contributed by atoms with Gasteiger partial charge in [0.05, 0.1) is 17.2 Å². The number of carbonyl (C=O) groups excluding carboxylic acids is 2. The Morgan fingerprint density at radius 1 is 1.38 bits per heavy atom. The van der Waals surface area contributed by atoms with Crippen LogP contribution in [-0.2, 0) is 9.59 Å². The van der Waals surface area contributed by atoms with E-state index in [-0.39, 0.29) is 12.2 Å². The van der Waals surface area contributed by atoms with Gasteiger partial charge in [-0.05, 0) is 19.9 Å². The lowest BCUT2D eigenvalue weighted by Gasteiger charge is -2.41. The first-order valence-electron chi connectivity index (χ1n) is 6.13. The van der Waals surface area contributed by atoms with Gasteiger partial charge < -0.3 is 10.3 Å². The van der Waals surface area contributed by atoms with Crippen LogP contribution >= 0.6 is 0 Å². The summed E-state index contributed by atoms with van der Waals surface area (Å²) in [7, 11) is 0. The molecular weight excluding hydrogens is 278 g/mol. The first-order chi connectivity index (χ1) is 9.75. The zero-order valence-corrected chi connectivity index (χ0v) is 11.5. The number of amides is 2. The van der Waals surface area contributed by atoms with Gasteiger partial charge >= 0.3 is 0 Å². The van der Waals surface area contributed by atoms with Crippen LogP contribution in [0.2, 0.25) is 0 Å². The van der Waals surface area contributed by atoms with Crippen LogP contribution in [-0.4, -0.2) is 28.8 Å². The van der Waals surface area contributed by atoms with Crippen molar-refractivity contribution in [1.29, 1.82) is 0 Å². The number of imide groups is 1. The molecule has 1 aliphatic heterocycles. The number of nitrogen functional groups attached to an aromatic ring is 1. The third-order valence-corrected chi connectivity index (χ3v) is 3.38. The summed E-state index contributed by atoms with van der Waals surface area (Å²) in [5.41, 5.74) is 1.81. The van der Waals surface area contributed by atoms with Crippen molar-refractivity contribution < 1.29 is 14.5 Å². The highest BCUT2D eigenvalue weighted by atomic mass is 16.6. The summed E-state index contributed by atoms with van der Waals surface area (Å²) >= 11 is 0. The maximum atomic E-state index is 11.9. The number of nitrogens with two attached hydrogens (primary N) is 1. The van der Waals surface area contributed by atoms with E-state index in [0.717, 1.165) is 0 Å². The number of hydrazine groups is 1. The average molecular weight is 293 g/mol. The van der Waals surface area contributed by atoms with Crippen molar-refractivity contribution in [2.75, 3.05) is 16.9 Å². The summed E-state index contributed by atoms with van der Waals surface area (Å²) in [6.45, 7) is 3.18. The van der Waals surface area contributed by atoms with Crippen molar-refractivity contribution in [3.8, 4) is 0 Å². The number of hydrogen-bond acceptors (Lipinski definition) is 7. The molecule has 0 radical (unpaired) electrons. The minimum atomic E-state index is -1.02. The number of carbonyl (C=O) groups is 2. The second-order valence-corrected chi connectivity index (χ2v) is 5.16. The lowest BCUT2D eigenvalue weighted by atomic mass is 9.97. The van der Waals surface area contributed by atoms with Crippen LogP contribution < -0.4 is 21.5 Å². The molecular formula is C12H15N5O4. The molecule has 21 heavy (non-hydrogen) atoms. The number of rotatable bonds is 3. The number of benzene rings is 1. The lowest BCUT2D eigenvalue weighted by Crippen LogP contribution is -2.64. The first-order valence-corrected chi connectivity index (χ1v) is 6.13. The first kappa shape index (κ1) is 14.7. The molecule has 9 heteroatoms. The maximum Gasteiger partial charge on any atom is 0.273 e.